The van der Waals surface area contributed by atoms with Gasteiger partial charge >= 0.3 is 0 Å². The number of nitrogens with zero attached hydrogens (tertiary/aromatic N) is 3. The van der Waals surface area contributed by atoms with E-state index in [0.29, 0.717) is 39.5 Å². The Labute approximate surface area is 188 Å². The van der Waals surface area contributed by atoms with Gasteiger partial charge in [0.1, 0.15) is 17.3 Å². The van der Waals surface area contributed by atoms with E-state index in [1.807, 2.05) is 36.4 Å². The Morgan fingerprint density at radius 3 is 2.09 bits per heavy atom. The number of para-hydroxylation sites is 2. The van der Waals surface area contributed by atoms with Crippen molar-refractivity contribution in [1.29, 1.82) is 0 Å². The van der Waals surface area contributed by atoms with Crippen molar-refractivity contribution < 1.29 is 9.66 Å². The fourth-order valence-corrected chi connectivity index (χ4v) is 3.59. The lowest BCUT2D eigenvalue weighted by Crippen LogP contribution is -2.21. The molecule has 0 spiro atoms. The summed E-state index contributed by atoms with van der Waals surface area (Å²) in [5, 5.41) is 11.5. The molecule has 0 fully saturated rings. The van der Waals surface area contributed by atoms with Crippen LogP contribution in [0.3, 0.4) is 0 Å². The topological polar surface area (TPSA) is 87.3 Å². The zero-order valence-corrected chi connectivity index (χ0v) is 17.3. The lowest BCUT2D eigenvalue weighted by molar-refractivity contribution is -0.384. The van der Waals surface area contributed by atoms with Gasteiger partial charge in [0.2, 0.25) is 0 Å². The molecule has 4 aromatic carbocycles. The third kappa shape index (κ3) is 3.95. The number of nitro benzene ring substituents is 1. The molecule has 5 rings (SSSR count). The first-order valence-corrected chi connectivity index (χ1v) is 10.2. The summed E-state index contributed by atoms with van der Waals surface area (Å²) in [6.07, 6.45) is 0. The first-order valence-electron chi connectivity index (χ1n) is 10.2. The summed E-state index contributed by atoms with van der Waals surface area (Å²) in [6.45, 7) is 0. The molecule has 33 heavy (non-hydrogen) atoms. The van der Waals surface area contributed by atoms with Gasteiger partial charge in [0.25, 0.3) is 11.2 Å². The minimum absolute atomic E-state index is 0.0316. The van der Waals surface area contributed by atoms with E-state index in [4.69, 9.17) is 9.72 Å². The van der Waals surface area contributed by atoms with E-state index in [1.54, 1.807) is 54.6 Å². The Kier molecular flexibility index (Phi) is 5.12. The van der Waals surface area contributed by atoms with Crippen molar-refractivity contribution in [1.82, 2.24) is 9.55 Å². The van der Waals surface area contributed by atoms with Gasteiger partial charge in [-0.2, -0.15) is 0 Å². The van der Waals surface area contributed by atoms with Gasteiger partial charge in [-0.3, -0.25) is 19.5 Å². The van der Waals surface area contributed by atoms with E-state index in [0.717, 1.165) is 0 Å². The highest BCUT2D eigenvalue weighted by molar-refractivity contribution is 5.80. The molecule has 5 aromatic rings. The van der Waals surface area contributed by atoms with Crippen LogP contribution in [0.15, 0.2) is 108 Å². The third-order valence-corrected chi connectivity index (χ3v) is 5.19. The predicted octanol–water partition coefficient (Wildman–Crippen LogP) is 5.75. The SMILES string of the molecule is O=c1c2ccccc2nc(-c2ccc([N+](=O)[O-])cc2)n1-c1ccc(Oc2ccccc2)cc1. The van der Waals surface area contributed by atoms with E-state index in [-0.39, 0.29) is 11.2 Å². The number of hydrogen-bond donors (Lipinski definition) is 0. The highest BCUT2D eigenvalue weighted by Crippen LogP contribution is 2.26. The molecule has 0 saturated heterocycles. The molecule has 0 saturated carbocycles. The Bertz CT molecular complexity index is 1510. The monoisotopic (exact) mass is 435 g/mol. The van der Waals surface area contributed by atoms with Crippen LogP contribution in [0.25, 0.3) is 28.0 Å². The number of rotatable bonds is 5. The summed E-state index contributed by atoms with van der Waals surface area (Å²) in [4.78, 5) is 28.8. The molecule has 0 aliphatic heterocycles. The van der Waals surface area contributed by atoms with Crippen molar-refractivity contribution in [2.24, 2.45) is 0 Å². The van der Waals surface area contributed by atoms with Crippen LogP contribution < -0.4 is 10.3 Å². The molecule has 0 aliphatic rings. The zero-order valence-electron chi connectivity index (χ0n) is 17.3. The van der Waals surface area contributed by atoms with E-state index in [2.05, 4.69) is 0 Å². The molecule has 160 valence electrons. The Hall–Kier alpha value is -4.78. The Balaban J connectivity index is 1.63. The third-order valence-electron chi connectivity index (χ3n) is 5.19. The first-order chi connectivity index (χ1) is 16.1. The number of fused-ring (bicyclic) bond motifs is 1. The van der Waals surface area contributed by atoms with Gasteiger partial charge in [-0.15, -0.1) is 0 Å². The number of hydrogen-bond acceptors (Lipinski definition) is 5. The van der Waals surface area contributed by atoms with Crippen molar-refractivity contribution in [3.05, 3.63) is 124 Å². The normalized spacial score (nSPS) is 10.8. The second-order valence-corrected chi connectivity index (χ2v) is 7.31. The minimum Gasteiger partial charge on any atom is -0.457 e. The average molecular weight is 435 g/mol. The van der Waals surface area contributed by atoms with Crippen LogP contribution in [0.4, 0.5) is 5.69 Å². The van der Waals surface area contributed by atoms with Crippen LogP contribution in [0.2, 0.25) is 0 Å². The molecule has 0 atom stereocenters. The minimum atomic E-state index is -0.462. The van der Waals surface area contributed by atoms with Crippen molar-refractivity contribution in [2.75, 3.05) is 0 Å². The van der Waals surface area contributed by atoms with Crippen LogP contribution in [0.5, 0.6) is 11.5 Å². The van der Waals surface area contributed by atoms with Gasteiger partial charge in [0.15, 0.2) is 0 Å². The molecule has 0 aliphatic carbocycles. The molecule has 7 heteroatoms. The van der Waals surface area contributed by atoms with Gasteiger partial charge in [-0.25, -0.2) is 4.98 Å². The maximum atomic E-state index is 13.5. The number of aromatic nitrogens is 2. The Morgan fingerprint density at radius 2 is 1.39 bits per heavy atom. The number of ether oxygens (including phenoxy) is 1. The molecule has 0 radical (unpaired) electrons. The first kappa shape index (κ1) is 20.1. The summed E-state index contributed by atoms with van der Waals surface area (Å²) >= 11 is 0. The van der Waals surface area contributed by atoms with E-state index in [9.17, 15) is 14.9 Å². The molecule has 1 heterocycles. The molecule has 0 unspecified atom stereocenters. The van der Waals surface area contributed by atoms with Crippen LogP contribution in [-0.4, -0.2) is 14.5 Å². The van der Waals surface area contributed by atoms with Gasteiger partial charge in [0.05, 0.1) is 21.5 Å². The van der Waals surface area contributed by atoms with Crippen LogP contribution in [0.1, 0.15) is 0 Å². The van der Waals surface area contributed by atoms with E-state index < -0.39 is 4.92 Å². The van der Waals surface area contributed by atoms with Gasteiger partial charge in [-0.05, 0) is 60.7 Å². The van der Waals surface area contributed by atoms with Crippen LogP contribution in [-0.2, 0) is 0 Å². The summed E-state index contributed by atoms with van der Waals surface area (Å²) in [7, 11) is 0. The van der Waals surface area contributed by atoms with Crippen molar-refractivity contribution in [3.8, 4) is 28.6 Å². The lowest BCUT2D eigenvalue weighted by Gasteiger charge is -2.14. The number of benzene rings is 4. The maximum Gasteiger partial charge on any atom is 0.269 e. The highest BCUT2D eigenvalue weighted by atomic mass is 16.6. The predicted molar refractivity (Wildman–Crippen MR) is 126 cm³/mol. The zero-order chi connectivity index (χ0) is 22.8. The summed E-state index contributed by atoms with van der Waals surface area (Å²) in [5.74, 6) is 1.73. The smallest absolute Gasteiger partial charge is 0.269 e. The fourth-order valence-electron chi connectivity index (χ4n) is 3.59. The largest absolute Gasteiger partial charge is 0.457 e. The Morgan fingerprint density at radius 1 is 0.758 bits per heavy atom. The molecular weight excluding hydrogens is 418 g/mol. The van der Waals surface area contributed by atoms with Crippen molar-refractivity contribution in [3.63, 3.8) is 0 Å². The molecule has 0 amide bonds. The average Bonchev–Trinajstić information content (AvgIpc) is 2.85. The standard InChI is InChI=1S/C26H17N3O4/c30-26-23-8-4-5-9-24(23)27-25(18-10-12-20(13-11-18)29(31)32)28(26)19-14-16-22(17-15-19)33-21-6-2-1-3-7-21/h1-17H. The summed E-state index contributed by atoms with van der Waals surface area (Å²) in [5.41, 5.74) is 1.48. The van der Waals surface area contributed by atoms with E-state index in [1.165, 1.54) is 16.7 Å². The lowest BCUT2D eigenvalue weighted by atomic mass is 10.1. The van der Waals surface area contributed by atoms with Crippen LogP contribution in [0, 0.1) is 10.1 Å². The molecule has 7 nitrogen and oxygen atoms in total. The maximum absolute atomic E-state index is 13.5. The van der Waals surface area contributed by atoms with E-state index >= 15 is 0 Å². The quantitative estimate of drug-likeness (QED) is 0.259. The summed E-state index contributed by atoms with van der Waals surface area (Å²) < 4.78 is 7.36. The van der Waals surface area contributed by atoms with Crippen LogP contribution >= 0.6 is 0 Å². The van der Waals surface area contributed by atoms with Crippen molar-refractivity contribution >= 4 is 16.6 Å². The van der Waals surface area contributed by atoms with Gasteiger partial charge in [-0.1, -0.05) is 30.3 Å². The van der Waals surface area contributed by atoms with Gasteiger partial charge < -0.3 is 4.74 Å². The number of non-ortho nitro benzene ring substituents is 1. The second kappa shape index (κ2) is 8.39. The van der Waals surface area contributed by atoms with Crippen molar-refractivity contribution in [2.45, 2.75) is 0 Å². The van der Waals surface area contributed by atoms with Gasteiger partial charge in [0, 0.05) is 17.7 Å². The summed E-state index contributed by atoms with van der Waals surface area (Å²) in [6, 6.07) is 29.6. The fraction of sp³-hybridized carbons (Fsp3) is 0. The number of nitro groups is 1. The molecule has 1 aromatic heterocycles. The molecule has 0 bridgehead atoms. The molecular formula is C26H17N3O4. The second-order valence-electron chi connectivity index (χ2n) is 7.31. The highest BCUT2D eigenvalue weighted by Gasteiger charge is 2.16. The molecule has 0 N–H and O–H groups in total.